The molecule has 1 aliphatic rings. The number of nitrogens with zero attached hydrogens (tertiary/aromatic N) is 4. The Morgan fingerprint density at radius 3 is 2.73 bits per heavy atom. The summed E-state index contributed by atoms with van der Waals surface area (Å²) in [4.78, 5) is 20.8. The molecular formula is C17H17N7OS. The summed E-state index contributed by atoms with van der Waals surface area (Å²) in [5, 5.41) is 18.9. The predicted octanol–water partition coefficient (Wildman–Crippen LogP) is 3.13. The Labute approximate surface area is 154 Å². The van der Waals surface area contributed by atoms with E-state index in [0.717, 1.165) is 10.6 Å². The van der Waals surface area contributed by atoms with Gasteiger partial charge in [0, 0.05) is 5.56 Å². The van der Waals surface area contributed by atoms with Crippen LogP contribution in [-0.4, -0.2) is 32.1 Å². The van der Waals surface area contributed by atoms with Gasteiger partial charge in [0.05, 0.1) is 0 Å². The number of carbonyl (C=O) groups excluding carboxylic acids is 1. The molecule has 1 aliphatic heterocycles. The molecule has 4 rings (SSSR count). The molecule has 1 unspecified atom stereocenters. The number of hydrogen-bond donors (Lipinski definition) is 3. The number of fused-ring (bicyclic) bond motifs is 1. The summed E-state index contributed by atoms with van der Waals surface area (Å²) in [6.45, 7) is 3.96. The first-order valence-corrected chi connectivity index (χ1v) is 9.02. The van der Waals surface area contributed by atoms with Gasteiger partial charge in [0.2, 0.25) is 11.0 Å². The highest BCUT2D eigenvalue weighted by Gasteiger charge is 2.30. The van der Waals surface area contributed by atoms with Crippen molar-refractivity contribution in [2.75, 3.05) is 16.0 Å². The van der Waals surface area contributed by atoms with Crippen LogP contribution in [0.4, 0.5) is 22.5 Å². The number of benzene rings is 1. The quantitative estimate of drug-likeness (QED) is 0.650. The molecule has 0 aliphatic carbocycles. The zero-order valence-corrected chi connectivity index (χ0v) is 15.0. The van der Waals surface area contributed by atoms with Gasteiger partial charge in [-0.3, -0.25) is 4.79 Å². The second-order valence-corrected chi connectivity index (χ2v) is 7.18. The van der Waals surface area contributed by atoms with E-state index in [9.17, 15) is 4.79 Å². The van der Waals surface area contributed by atoms with Crippen LogP contribution in [0.25, 0.3) is 10.6 Å². The lowest BCUT2D eigenvalue weighted by atomic mass is 10.0. The van der Waals surface area contributed by atoms with Crippen molar-refractivity contribution in [3.63, 3.8) is 0 Å². The molecule has 0 saturated heterocycles. The third-order valence-corrected chi connectivity index (χ3v) is 4.90. The van der Waals surface area contributed by atoms with E-state index >= 15 is 0 Å². The van der Waals surface area contributed by atoms with E-state index in [1.54, 1.807) is 0 Å². The van der Waals surface area contributed by atoms with Gasteiger partial charge in [-0.2, -0.15) is 0 Å². The summed E-state index contributed by atoms with van der Waals surface area (Å²) in [5.41, 5.74) is 1.52. The number of anilines is 4. The standard InChI is InChI=1S/C17H17N7OS/c1-9(2)11-15(25)21-12-13(20-11)18-8-19-14(12)22-17-24-23-16(26-17)10-6-4-3-5-7-10/h3-9,11H,1-2H3,(H,21,25)(H2,18,19,20,22,24). The Morgan fingerprint density at radius 2 is 1.96 bits per heavy atom. The third-order valence-electron chi connectivity index (χ3n) is 4.01. The molecule has 8 nitrogen and oxygen atoms in total. The van der Waals surface area contributed by atoms with Gasteiger partial charge in [0.15, 0.2) is 11.6 Å². The van der Waals surface area contributed by atoms with Crippen molar-refractivity contribution in [3.8, 4) is 10.6 Å². The summed E-state index contributed by atoms with van der Waals surface area (Å²) < 4.78 is 0. The van der Waals surface area contributed by atoms with E-state index in [4.69, 9.17) is 0 Å². The molecule has 0 spiro atoms. The van der Waals surface area contributed by atoms with E-state index in [1.165, 1.54) is 17.7 Å². The second-order valence-electron chi connectivity index (χ2n) is 6.20. The molecule has 0 bridgehead atoms. The fraction of sp³-hybridized carbons (Fsp3) is 0.235. The number of nitrogens with one attached hydrogen (secondary N) is 3. The minimum atomic E-state index is -0.323. The molecule has 26 heavy (non-hydrogen) atoms. The van der Waals surface area contributed by atoms with Crippen molar-refractivity contribution in [2.45, 2.75) is 19.9 Å². The zero-order valence-electron chi connectivity index (χ0n) is 14.2. The highest BCUT2D eigenvalue weighted by molar-refractivity contribution is 7.18. The molecule has 3 aromatic rings. The maximum atomic E-state index is 12.3. The van der Waals surface area contributed by atoms with Gasteiger partial charge in [-0.25, -0.2) is 9.97 Å². The molecule has 0 radical (unpaired) electrons. The first kappa shape index (κ1) is 16.4. The molecule has 1 aromatic carbocycles. The first-order valence-electron chi connectivity index (χ1n) is 8.20. The van der Waals surface area contributed by atoms with Crippen LogP contribution in [0.5, 0.6) is 0 Å². The molecule has 0 saturated carbocycles. The van der Waals surface area contributed by atoms with Gasteiger partial charge in [0.25, 0.3) is 0 Å². The SMILES string of the molecule is CC(C)C1Nc2ncnc(Nc3nnc(-c4ccccc4)s3)c2NC1=O. The smallest absolute Gasteiger partial charge is 0.247 e. The minimum Gasteiger partial charge on any atom is -0.356 e. The van der Waals surface area contributed by atoms with Gasteiger partial charge in [-0.15, -0.1) is 10.2 Å². The normalized spacial score (nSPS) is 16.0. The van der Waals surface area contributed by atoms with Crippen LogP contribution < -0.4 is 16.0 Å². The van der Waals surface area contributed by atoms with E-state index in [2.05, 4.69) is 36.1 Å². The molecular weight excluding hydrogens is 350 g/mol. The predicted molar refractivity (Wildman–Crippen MR) is 102 cm³/mol. The average molecular weight is 367 g/mol. The van der Waals surface area contributed by atoms with Crippen LogP contribution >= 0.6 is 11.3 Å². The monoisotopic (exact) mass is 367 g/mol. The average Bonchev–Trinajstić information content (AvgIpc) is 3.11. The zero-order chi connectivity index (χ0) is 18.1. The number of carbonyl (C=O) groups is 1. The second kappa shape index (κ2) is 6.68. The summed E-state index contributed by atoms with van der Waals surface area (Å²) in [5.74, 6) is 1.11. The summed E-state index contributed by atoms with van der Waals surface area (Å²) >= 11 is 1.41. The van der Waals surface area contributed by atoms with Crippen LogP contribution in [-0.2, 0) is 4.79 Å². The number of rotatable bonds is 4. The maximum absolute atomic E-state index is 12.3. The van der Waals surface area contributed by atoms with E-state index in [-0.39, 0.29) is 17.9 Å². The van der Waals surface area contributed by atoms with Crippen molar-refractivity contribution in [1.82, 2.24) is 20.2 Å². The molecule has 2 aromatic heterocycles. The van der Waals surface area contributed by atoms with Crippen molar-refractivity contribution in [2.24, 2.45) is 5.92 Å². The first-order chi connectivity index (χ1) is 12.6. The highest BCUT2D eigenvalue weighted by atomic mass is 32.1. The minimum absolute atomic E-state index is 0.104. The molecule has 9 heteroatoms. The maximum Gasteiger partial charge on any atom is 0.247 e. The molecule has 1 amide bonds. The lowest BCUT2D eigenvalue weighted by Crippen LogP contribution is -2.43. The van der Waals surface area contributed by atoms with E-state index in [1.807, 2.05) is 44.2 Å². The Hall–Kier alpha value is -3.07. The van der Waals surface area contributed by atoms with Crippen LogP contribution in [0, 0.1) is 5.92 Å². The van der Waals surface area contributed by atoms with Crippen LogP contribution in [0.1, 0.15) is 13.8 Å². The van der Waals surface area contributed by atoms with Crippen molar-refractivity contribution >= 4 is 39.7 Å². The summed E-state index contributed by atoms with van der Waals surface area (Å²) in [7, 11) is 0. The molecule has 132 valence electrons. The van der Waals surface area contributed by atoms with Crippen LogP contribution in [0.3, 0.4) is 0 Å². The Bertz CT molecular complexity index is 941. The Morgan fingerprint density at radius 1 is 1.15 bits per heavy atom. The van der Waals surface area contributed by atoms with Gasteiger partial charge in [-0.1, -0.05) is 55.5 Å². The van der Waals surface area contributed by atoms with Crippen LogP contribution in [0.15, 0.2) is 36.7 Å². The van der Waals surface area contributed by atoms with Gasteiger partial charge < -0.3 is 16.0 Å². The third kappa shape index (κ3) is 3.08. The van der Waals surface area contributed by atoms with Gasteiger partial charge in [0.1, 0.15) is 23.1 Å². The fourth-order valence-corrected chi connectivity index (χ4v) is 3.41. The van der Waals surface area contributed by atoms with E-state index in [0.29, 0.717) is 22.5 Å². The van der Waals surface area contributed by atoms with Crippen LogP contribution in [0.2, 0.25) is 0 Å². The number of hydrogen-bond acceptors (Lipinski definition) is 8. The van der Waals surface area contributed by atoms with E-state index < -0.39 is 0 Å². The molecule has 0 fully saturated rings. The molecule has 3 heterocycles. The Kier molecular flexibility index (Phi) is 4.21. The van der Waals surface area contributed by atoms with Gasteiger partial charge >= 0.3 is 0 Å². The molecule has 1 atom stereocenters. The largest absolute Gasteiger partial charge is 0.356 e. The summed E-state index contributed by atoms with van der Waals surface area (Å²) in [6.07, 6.45) is 1.45. The van der Waals surface area contributed by atoms with Gasteiger partial charge in [-0.05, 0) is 5.92 Å². The fourth-order valence-electron chi connectivity index (χ4n) is 2.66. The lowest BCUT2D eigenvalue weighted by molar-refractivity contribution is -0.117. The van der Waals surface area contributed by atoms with Crippen molar-refractivity contribution in [3.05, 3.63) is 36.7 Å². The number of aromatic nitrogens is 4. The van der Waals surface area contributed by atoms with Crippen molar-refractivity contribution < 1.29 is 4.79 Å². The Balaban J connectivity index is 1.60. The topological polar surface area (TPSA) is 105 Å². The molecule has 3 N–H and O–H groups in total. The number of amides is 1. The highest BCUT2D eigenvalue weighted by Crippen LogP contribution is 2.35. The lowest BCUT2D eigenvalue weighted by Gasteiger charge is -2.28. The van der Waals surface area contributed by atoms with Crippen molar-refractivity contribution in [1.29, 1.82) is 0 Å². The summed E-state index contributed by atoms with van der Waals surface area (Å²) in [6, 6.07) is 9.50.